The van der Waals surface area contributed by atoms with Crippen molar-refractivity contribution in [2.75, 3.05) is 13.2 Å². The predicted molar refractivity (Wildman–Crippen MR) is 301 cm³/mol. The number of hydrogen-bond donors (Lipinski definition) is 3. The van der Waals surface area contributed by atoms with E-state index in [0.29, 0.717) is 25.9 Å². The predicted octanol–water partition coefficient (Wildman–Crippen LogP) is 19.6. The molecule has 0 spiro atoms. The van der Waals surface area contributed by atoms with Gasteiger partial charge >= 0.3 is 5.97 Å². The van der Waals surface area contributed by atoms with Crippen LogP contribution in [0.2, 0.25) is 0 Å². The van der Waals surface area contributed by atoms with Crippen molar-refractivity contribution in [2.24, 2.45) is 0 Å². The molecule has 0 aromatic rings. The monoisotopic (exact) mass is 974 g/mol. The number of amides is 1. The first kappa shape index (κ1) is 67.6. The van der Waals surface area contributed by atoms with E-state index in [1.54, 1.807) is 0 Å². The fraction of sp³-hybridized carbons (Fsp3) is 0.937. The summed E-state index contributed by atoms with van der Waals surface area (Å²) in [7, 11) is 0. The van der Waals surface area contributed by atoms with Gasteiger partial charge in [-0.3, -0.25) is 9.59 Å². The van der Waals surface area contributed by atoms with Crippen molar-refractivity contribution in [3.63, 3.8) is 0 Å². The molecule has 0 aromatic heterocycles. The molecule has 0 radical (unpaired) electrons. The van der Waals surface area contributed by atoms with Crippen LogP contribution in [0.5, 0.6) is 0 Å². The molecule has 0 saturated heterocycles. The van der Waals surface area contributed by atoms with E-state index in [1.165, 1.54) is 283 Å². The van der Waals surface area contributed by atoms with Gasteiger partial charge in [0.25, 0.3) is 0 Å². The lowest BCUT2D eigenvalue weighted by Gasteiger charge is -2.22. The summed E-state index contributed by atoms with van der Waals surface area (Å²) < 4.78 is 5.49. The van der Waals surface area contributed by atoms with Gasteiger partial charge in [-0.25, -0.2) is 0 Å². The summed E-state index contributed by atoms with van der Waals surface area (Å²) >= 11 is 0. The Morgan fingerprint density at radius 3 is 1.03 bits per heavy atom. The van der Waals surface area contributed by atoms with Crippen LogP contribution >= 0.6 is 0 Å². The fourth-order valence-corrected chi connectivity index (χ4v) is 9.99. The molecule has 0 fully saturated rings. The SMILES string of the molecule is CCCCCCCCCCCCCCCCCCC(O)C(CO)NC(=O)CCCCCCCCC/C=C\CCCCCCCCCCCCOC(=O)CCCCCCCCCCCCCCCCC. The highest BCUT2D eigenvalue weighted by Crippen LogP contribution is 2.18. The van der Waals surface area contributed by atoms with Gasteiger partial charge in [-0.2, -0.15) is 0 Å². The molecular weight excluding hydrogens is 851 g/mol. The van der Waals surface area contributed by atoms with Gasteiger partial charge in [0.1, 0.15) is 0 Å². The Morgan fingerprint density at radius 2 is 0.681 bits per heavy atom. The number of carbonyl (C=O) groups excluding carboxylic acids is 2. The number of allylic oxidation sites excluding steroid dienone is 2. The third kappa shape index (κ3) is 55.8. The van der Waals surface area contributed by atoms with Crippen LogP contribution in [0.3, 0.4) is 0 Å². The van der Waals surface area contributed by atoms with Crippen LogP contribution in [-0.4, -0.2) is 47.4 Å². The maximum Gasteiger partial charge on any atom is 0.305 e. The number of rotatable bonds is 59. The molecule has 0 aliphatic carbocycles. The molecule has 0 aliphatic heterocycles. The Bertz CT molecular complexity index is 1030. The van der Waals surface area contributed by atoms with Gasteiger partial charge in [-0.15, -0.1) is 0 Å². The van der Waals surface area contributed by atoms with Crippen molar-refractivity contribution in [3.8, 4) is 0 Å². The number of esters is 1. The van der Waals surface area contributed by atoms with Crippen LogP contribution in [0.1, 0.15) is 354 Å². The Morgan fingerprint density at radius 1 is 0.391 bits per heavy atom. The summed E-state index contributed by atoms with van der Waals surface area (Å²) in [6.07, 6.45) is 70.8. The molecule has 1 amide bonds. The first-order valence-electron chi connectivity index (χ1n) is 31.4. The second-order valence-corrected chi connectivity index (χ2v) is 21.7. The maximum absolute atomic E-state index is 12.5. The highest BCUT2D eigenvalue weighted by atomic mass is 16.5. The third-order valence-electron chi connectivity index (χ3n) is 14.8. The zero-order valence-corrected chi connectivity index (χ0v) is 46.8. The van der Waals surface area contributed by atoms with E-state index in [1.807, 2.05) is 0 Å². The normalized spacial score (nSPS) is 12.6. The number of ether oxygens (including phenoxy) is 1. The van der Waals surface area contributed by atoms with Crippen LogP contribution < -0.4 is 5.32 Å². The van der Waals surface area contributed by atoms with Gasteiger partial charge in [0, 0.05) is 12.8 Å². The fourth-order valence-electron chi connectivity index (χ4n) is 9.99. The van der Waals surface area contributed by atoms with Crippen molar-refractivity contribution in [1.29, 1.82) is 0 Å². The second kappa shape index (κ2) is 59.2. The van der Waals surface area contributed by atoms with Gasteiger partial charge in [-0.1, -0.05) is 302 Å². The van der Waals surface area contributed by atoms with E-state index in [4.69, 9.17) is 4.74 Å². The first-order chi connectivity index (χ1) is 34.0. The molecule has 3 N–H and O–H groups in total. The van der Waals surface area contributed by atoms with Crippen LogP contribution in [0.15, 0.2) is 12.2 Å². The number of nitrogens with one attached hydrogen (secondary N) is 1. The molecule has 2 atom stereocenters. The summed E-state index contributed by atoms with van der Waals surface area (Å²) in [5.74, 6) is -0.0280. The smallest absolute Gasteiger partial charge is 0.305 e. The molecule has 410 valence electrons. The Hall–Kier alpha value is -1.40. The molecule has 0 aromatic carbocycles. The Balaban J connectivity index is 3.40. The molecule has 0 heterocycles. The quantitative estimate of drug-likeness (QED) is 0.0321. The Labute approximate surface area is 431 Å². The molecule has 0 aliphatic rings. The van der Waals surface area contributed by atoms with Crippen LogP contribution in [0, 0.1) is 0 Å². The van der Waals surface area contributed by atoms with Gasteiger partial charge in [0.05, 0.1) is 25.4 Å². The first-order valence-corrected chi connectivity index (χ1v) is 31.4. The molecule has 0 bridgehead atoms. The second-order valence-electron chi connectivity index (χ2n) is 21.7. The molecule has 0 saturated carbocycles. The molecule has 0 rings (SSSR count). The maximum atomic E-state index is 12.5. The van der Waals surface area contributed by atoms with Crippen molar-refractivity contribution < 1.29 is 24.5 Å². The number of unbranched alkanes of at least 4 members (excludes halogenated alkanes) is 46. The average Bonchev–Trinajstić information content (AvgIpc) is 3.35. The number of hydrogen-bond acceptors (Lipinski definition) is 5. The van der Waals surface area contributed by atoms with Crippen molar-refractivity contribution in [3.05, 3.63) is 12.2 Å². The van der Waals surface area contributed by atoms with E-state index in [-0.39, 0.29) is 18.5 Å². The molecule has 2 unspecified atom stereocenters. The summed E-state index contributed by atoms with van der Waals surface area (Å²) in [6.45, 7) is 4.98. The highest BCUT2D eigenvalue weighted by Gasteiger charge is 2.20. The lowest BCUT2D eigenvalue weighted by molar-refractivity contribution is -0.143. The van der Waals surface area contributed by atoms with E-state index in [9.17, 15) is 19.8 Å². The zero-order chi connectivity index (χ0) is 50.0. The van der Waals surface area contributed by atoms with Crippen molar-refractivity contribution in [1.82, 2.24) is 5.32 Å². The van der Waals surface area contributed by atoms with Gasteiger partial charge in [-0.05, 0) is 51.4 Å². The lowest BCUT2D eigenvalue weighted by atomic mass is 10.0. The van der Waals surface area contributed by atoms with Crippen LogP contribution in [0.4, 0.5) is 0 Å². The number of aliphatic hydroxyl groups excluding tert-OH is 2. The highest BCUT2D eigenvalue weighted by molar-refractivity contribution is 5.76. The van der Waals surface area contributed by atoms with Crippen LogP contribution in [0.25, 0.3) is 0 Å². The minimum atomic E-state index is -0.668. The van der Waals surface area contributed by atoms with Crippen molar-refractivity contribution in [2.45, 2.75) is 366 Å². The topological polar surface area (TPSA) is 95.9 Å². The summed E-state index contributed by atoms with van der Waals surface area (Å²) in [4.78, 5) is 24.6. The minimum absolute atomic E-state index is 0.0119. The van der Waals surface area contributed by atoms with Gasteiger partial charge < -0.3 is 20.3 Å². The summed E-state index contributed by atoms with van der Waals surface area (Å²) in [5.41, 5.74) is 0. The van der Waals surface area contributed by atoms with E-state index in [2.05, 4.69) is 31.3 Å². The standard InChI is InChI=1S/C63H123NO5/c1-3-5-7-9-11-13-15-17-19-28-31-35-39-43-47-51-55-61(66)60(59-65)64-62(67)56-52-48-44-40-36-32-29-25-23-21-20-22-24-26-30-34-38-42-46-50-54-58-69-63(68)57-53-49-45-41-37-33-27-18-16-14-12-10-8-6-4-2/h21,23,60-61,65-66H,3-20,22,24-59H2,1-2H3,(H,64,67)/b23-21-. The van der Waals surface area contributed by atoms with E-state index in [0.717, 1.165) is 38.5 Å². The third-order valence-corrected chi connectivity index (χ3v) is 14.8. The minimum Gasteiger partial charge on any atom is -0.466 e. The number of aliphatic hydroxyl groups is 2. The molecule has 6 heteroatoms. The average molecular weight is 975 g/mol. The zero-order valence-electron chi connectivity index (χ0n) is 46.8. The molecule has 6 nitrogen and oxygen atoms in total. The van der Waals surface area contributed by atoms with Gasteiger partial charge in [0.15, 0.2) is 0 Å². The van der Waals surface area contributed by atoms with E-state index >= 15 is 0 Å². The summed E-state index contributed by atoms with van der Waals surface area (Å²) in [5, 5.41) is 23.3. The van der Waals surface area contributed by atoms with Gasteiger partial charge in [0.2, 0.25) is 5.91 Å². The van der Waals surface area contributed by atoms with E-state index < -0.39 is 12.1 Å². The molecular formula is C63H123NO5. The number of carbonyl (C=O) groups is 2. The molecule has 69 heavy (non-hydrogen) atoms. The van der Waals surface area contributed by atoms with Crippen LogP contribution in [-0.2, 0) is 14.3 Å². The lowest BCUT2D eigenvalue weighted by Crippen LogP contribution is -2.45. The van der Waals surface area contributed by atoms with Crippen molar-refractivity contribution >= 4 is 11.9 Å². The largest absolute Gasteiger partial charge is 0.466 e. The Kier molecular flexibility index (Phi) is 58.0. The summed E-state index contributed by atoms with van der Waals surface area (Å²) in [6, 6.07) is -0.546.